The number of unbranched alkanes of at least 4 members (excludes halogenated alkanes) is 1. The summed E-state index contributed by atoms with van der Waals surface area (Å²) in [5.41, 5.74) is 3.17. The van der Waals surface area contributed by atoms with Crippen molar-refractivity contribution in [3.05, 3.63) is 65.2 Å². The molecule has 0 unspecified atom stereocenters. The third-order valence-electron chi connectivity index (χ3n) is 3.72. The second-order valence-electron chi connectivity index (χ2n) is 5.61. The summed E-state index contributed by atoms with van der Waals surface area (Å²) in [5.74, 6) is 0.889. The molecule has 0 aliphatic carbocycles. The third-order valence-corrected chi connectivity index (χ3v) is 4.23. The van der Waals surface area contributed by atoms with Crippen molar-refractivity contribution in [3.63, 3.8) is 0 Å². The van der Waals surface area contributed by atoms with E-state index in [1.165, 1.54) is 5.56 Å². The van der Waals surface area contributed by atoms with Gasteiger partial charge in [-0.15, -0.1) is 0 Å². The summed E-state index contributed by atoms with van der Waals surface area (Å²) in [6.45, 7) is 2.83. The maximum absolute atomic E-state index is 12.0. The van der Waals surface area contributed by atoms with E-state index < -0.39 is 0 Å². The maximum Gasteiger partial charge on any atom is 0.173 e. The summed E-state index contributed by atoms with van der Waals surface area (Å²) in [5, 5.41) is 0.337. The van der Waals surface area contributed by atoms with Crippen molar-refractivity contribution in [2.24, 2.45) is 0 Å². The van der Waals surface area contributed by atoms with Crippen molar-refractivity contribution in [2.75, 3.05) is 11.9 Å². The van der Waals surface area contributed by atoms with Crippen LogP contribution in [0.3, 0.4) is 0 Å². The minimum Gasteiger partial charge on any atom is -0.494 e. The van der Waals surface area contributed by atoms with Gasteiger partial charge in [-0.3, -0.25) is 4.79 Å². The number of rotatable bonds is 9. The molecule has 0 fully saturated rings. The fourth-order valence-electron chi connectivity index (χ4n) is 2.39. The van der Waals surface area contributed by atoms with E-state index in [4.69, 9.17) is 4.74 Å². The Hall–Kier alpha value is -1.61. The first-order valence-electron chi connectivity index (χ1n) is 8.12. The van der Waals surface area contributed by atoms with E-state index in [-0.39, 0.29) is 5.78 Å². The van der Waals surface area contributed by atoms with Gasteiger partial charge in [0.2, 0.25) is 0 Å². The van der Waals surface area contributed by atoms with Crippen LogP contribution in [-0.2, 0) is 12.8 Å². The number of hydrogen-bond acceptors (Lipinski definition) is 2. The Morgan fingerprint density at radius 1 is 1.04 bits per heavy atom. The molecule has 0 amide bonds. The zero-order valence-corrected chi connectivity index (χ0v) is 15.1. The van der Waals surface area contributed by atoms with Crippen LogP contribution in [0.15, 0.2) is 48.5 Å². The highest BCUT2D eigenvalue weighted by Gasteiger charge is 2.09. The molecule has 0 saturated heterocycles. The number of hydrogen-bond donors (Lipinski definition) is 0. The van der Waals surface area contributed by atoms with Crippen LogP contribution < -0.4 is 4.74 Å². The molecular weight excluding hydrogens is 352 g/mol. The lowest BCUT2D eigenvalue weighted by atomic mass is 10.0. The van der Waals surface area contributed by atoms with Gasteiger partial charge in [0.25, 0.3) is 0 Å². The van der Waals surface area contributed by atoms with Crippen LogP contribution in [0.1, 0.15) is 41.3 Å². The van der Waals surface area contributed by atoms with Gasteiger partial charge in [0.1, 0.15) is 5.75 Å². The molecule has 2 aromatic rings. The topological polar surface area (TPSA) is 26.3 Å². The fourth-order valence-corrected chi connectivity index (χ4v) is 2.72. The molecule has 2 nitrogen and oxygen atoms in total. The summed E-state index contributed by atoms with van der Waals surface area (Å²) in [7, 11) is 0. The average Bonchev–Trinajstić information content (AvgIpc) is 2.60. The second kappa shape index (κ2) is 9.51. The smallest absolute Gasteiger partial charge is 0.173 e. The van der Waals surface area contributed by atoms with E-state index in [1.807, 2.05) is 18.2 Å². The molecule has 0 aromatic heterocycles. The number of carbonyl (C=O) groups is 1. The predicted molar refractivity (Wildman–Crippen MR) is 98.8 cm³/mol. The first-order valence-corrected chi connectivity index (χ1v) is 9.25. The Kier molecular flexibility index (Phi) is 7.34. The van der Waals surface area contributed by atoms with Gasteiger partial charge >= 0.3 is 0 Å². The van der Waals surface area contributed by atoms with E-state index in [1.54, 1.807) is 0 Å². The van der Waals surface area contributed by atoms with Crippen LogP contribution in [0, 0.1) is 0 Å². The molecule has 0 bridgehead atoms. The summed E-state index contributed by atoms with van der Waals surface area (Å²) >= 11 is 3.25. The molecule has 0 heterocycles. The van der Waals surface area contributed by atoms with Gasteiger partial charge in [-0.1, -0.05) is 59.6 Å². The van der Waals surface area contributed by atoms with Crippen LogP contribution in [-0.4, -0.2) is 17.7 Å². The summed E-state index contributed by atoms with van der Waals surface area (Å²) in [4.78, 5) is 12.0. The van der Waals surface area contributed by atoms with Gasteiger partial charge in [-0.05, 0) is 48.6 Å². The maximum atomic E-state index is 12.0. The number of carbonyl (C=O) groups excluding carboxylic acids is 1. The first kappa shape index (κ1) is 17.7. The Morgan fingerprint density at radius 2 is 1.78 bits per heavy atom. The largest absolute Gasteiger partial charge is 0.494 e. The van der Waals surface area contributed by atoms with E-state index >= 15 is 0 Å². The summed E-state index contributed by atoms with van der Waals surface area (Å²) in [6, 6.07) is 16.3. The molecule has 23 heavy (non-hydrogen) atoms. The Morgan fingerprint density at radius 3 is 2.48 bits per heavy atom. The molecule has 0 aliphatic rings. The molecule has 2 rings (SSSR count). The van der Waals surface area contributed by atoms with E-state index in [9.17, 15) is 4.79 Å². The molecule has 0 aliphatic heterocycles. The van der Waals surface area contributed by atoms with Gasteiger partial charge in [-0.25, -0.2) is 0 Å². The highest BCUT2D eigenvalue weighted by Crippen LogP contribution is 2.20. The molecule has 0 N–H and O–H groups in total. The zero-order chi connectivity index (χ0) is 16.5. The average molecular weight is 375 g/mol. The van der Waals surface area contributed by atoms with Crippen molar-refractivity contribution in [1.29, 1.82) is 0 Å². The zero-order valence-electron chi connectivity index (χ0n) is 13.6. The fraction of sp³-hybridized carbons (Fsp3) is 0.350. The SMILES string of the molecule is CCCCOc1cc(CCc2ccccc2)cc(C(=O)CBr)c1. The molecule has 122 valence electrons. The lowest BCUT2D eigenvalue weighted by Crippen LogP contribution is -2.04. The van der Waals surface area contributed by atoms with Gasteiger partial charge in [0, 0.05) is 5.56 Å². The van der Waals surface area contributed by atoms with Crippen LogP contribution in [0.2, 0.25) is 0 Å². The van der Waals surface area contributed by atoms with E-state index in [2.05, 4.69) is 53.2 Å². The minimum absolute atomic E-state index is 0.0897. The van der Waals surface area contributed by atoms with Crippen LogP contribution in [0.25, 0.3) is 0 Å². The highest BCUT2D eigenvalue weighted by atomic mass is 79.9. The first-order chi connectivity index (χ1) is 11.2. The van der Waals surface area contributed by atoms with E-state index in [0.29, 0.717) is 11.9 Å². The number of aryl methyl sites for hydroxylation is 2. The quantitative estimate of drug-likeness (QED) is 0.341. The number of benzene rings is 2. The highest BCUT2D eigenvalue weighted by molar-refractivity contribution is 9.09. The number of alkyl halides is 1. The Balaban J connectivity index is 2.12. The van der Waals surface area contributed by atoms with Gasteiger partial charge < -0.3 is 4.74 Å². The molecule has 0 radical (unpaired) electrons. The molecule has 0 spiro atoms. The predicted octanol–water partition coefficient (Wildman–Crippen LogP) is 5.23. The standard InChI is InChI=1S/C20H23BrO2/c1-2-3-11-23-19-13-17(12-18(14-19)20(22)15-21)10-9-16-7-5-4-6-8-16/h4-8,12-14H,2-3,9-11,15H2,1H3. The lowest BCUT2D eigenvalue weighted by molar-refractivity contribution is 0.102. The number of Topliss-reactive ketones (excluding diaryl/α,β-unsaturated/α-hetero) is 1. The van der Waals surface area contributed by atoms with Crippen LogP contribution in [0.4, 0.5) is 0 Å². The van der Waals surface area contributed by atoms with Crippen LogP contribution >= 0.6 is 15.9 Å². The monoisotopic (exact) mass is 374 g/mol. The van der Waals surface area contributed by atoms with Crippen molar-refractivity contribution >= 4 is 21.7 Å². The van der Waals surface area contributed by atoms with Crippen molar-refractivity contribution in [3.8, 4) is 5.75 Å². The Bertz CT molecular complexity index is 623. The number of halogens is 1. The Labute approximate surface area is 147 Å². The van der Waals surface area contributed by atoms with Crippen molar-refractivity contribution in [1.82, 2.24) is 0 Å². The number of ether oxygens (including phenoxy) is 1. The molecule has 0 atom stereocenters. The molecule has 2 aromatic carbocycles. The summed E-state index contributed by atoms with van der Waals surface area (Å²) in [6.07, 6.45) is 3.98. The van der Waals surface area contributed by atoms with E-state index in [0.717, 1.165) is 42.6 Å². The lowest BCUT2D eigenvalue weighted by Gasteiger charge is -2.10. The molecule has 0 saturated carbocycles. The van der Waals surface area contributed by atoms with Crippen molar-refractivity contribution in [2.45, 2.75) is 32.6 Å². The second-order valence-corrected chi connectivity index (χ2v) is 6.17. The minimum atomic E-state index is 0.0897. The van der Waals surface area contributed by atoms with Gasteiger partial charge in [-0.2, -0.15) is 0 Å². The summed E-state index contributed by atoms with van der Waals surface area (Å²) < 4.78 is 5.81. The normalized spacial score (nSPS) is 10.5. The molecule has 3 heteroatoms. The van der Waals surface area contributed by atoms with Gasteiger partial charge in [0.15, 0.2) is 5.78 Å². The van der Waals surface area contributed by atoms with Crippen molar-refractivity contribution < 1.29 is 9.53 Å². The third kappa shape index (κ3) is 5.83. The number of ketones is 1. The molecular formula is C20H23BrO2. The van der Waals surface area contributed by atoms with Gasteiger partial charge in [0.05, 0.1) is 11.9 Å². The van der Waals surface area contributed by atoms with Crippen LogP contribution in [0.5, 0.6) is 5.75 Å².